The second kappa shape index (κ2) is 9.14. The molecule has 0 bridgehead atoms. The molecule has 0 radical (unpaired) electrons. The number of nitrogens with zero attached hydrogens (tertiary/aromatic N) is 2. The van der Waals surface area contributed by atoms with Gasteiger partial charge >= 0.3 is 0 Å². The standard InChI is InChI=1S/C23H26N2O4S/c26-15-16-29-22-8-5-19(6-9-22)18-24-11-13-25(14-12-24)30(27,28)23-10-7-20-3-1-2-4-21(20)17-23/h1-10,17,26H,11-16,18H2. The summed E-state index contributed by atoms with van der Waals surface area (Å²) in [6.07, 6.45) is 0. The molecule has 1 aliphatic rings. The van der Waals surface area contributed by atoms with Gasteiger partial charge in [0, 0.05) is 32.7 Å². The molecule has 0 aliphatic carbocycles. The number of benzene rings is 3. The molecule has 1 heterocycles. The number of hydrogen-bond donors (Lipinski definition) is 1. The van der Waals surface area contributed by atoms with E-state index in [2.05, 4.69) is 4.90 Å². The number of aliphatic hydroxyl groups is 1. The molecule has 30 heavy (non-hydrogen) atoms. The SMILES string of the molecule is O=S(=O)(c1ccc2ccccc2c1)N1CCN(Cc2ccc(OCCO)cc2)CC1. The van der Waals surface area contributed by atoms with Crippen molar-refractivity contribution in [1.29, 1.82) is 0 Å². The van der Waals surface area contributed by atoms with E-state index < -0.39 is 10.0 Å². The van der Waals surface area contributed by atoms with Gasteiger partial charge in [-0.3, -0.25) is 4.90 Å². The zero-order valence-corrected chi connectivity index (χ0v) is 17.6. The maximum absolute atomic E-state index is 13.1. The van der Waals surface area contributed by atoms with Gasteiger partial charge in [-0.25, -0.2) is 8.42 Å². The van der Waals surface area contributed by atoms with Crippen molar-refractivity contribution in [3.63, 3.8) is 0 Å². The Morgan fingerprint density at radius 1 is 0.867 bits per heavy atom. The van der Waals surface area contributed by atoms with Crippen molar-refractivity contribution in [2.75, 3.05) is 39.4 Å². The van der Waals surface area contributed by atoms with Gasteiger partial charge in [-0.1, -0.05) is 42.5 Å². The molecular weight excluding hydrogens is 400 g/mol. The Morgan fingerprint density at radius 3 is 2.27 bits per heavy atom. The fourth-order valence-electron chi connectivity index (χ4n) is 3.72. The first-order valence-electron chi connectivity index (χ1n) is 10.1. The highest BCUT2D eigenvalue weighted by Gasteiger charge is 2.28. The largest absolute Gasteiger partial charge is 0.491 e. The number of ether oxygens (including phenoxy) is 1. The molecule has 7 heteroatoms. The highest BCUT2D eigenvalue weighted by molar-refractivity contribution is 7.89. The van der Waals surface area contributed by atoms with Crippen LogP contribution in [0.25, 0.3) is 10.8 Å². The lowest BCUT2D eigenvalue weighted by Crippen LogP contribution is -2.48. The normalized spacial score (nSPS) is 16.0. The summed E-state index contributed by atoms with van der Waals surface area (Å²) >= 11 is 0. The summed E-state index contributed by atoms with van der Waals surface area (Å²) in [5.41, 5.74) is 1.15. The summed E-state index contributed by atoms with van der Waals surface area (Å²) in [6.45, 7) is 3.39. The number of aliphatic hydroxyl groups excluding tert-OH is 1. The average Bonchev–Trinajstić information content (AvgIpc) is 2.78. The predicted octanol–water partition coefficient (Wildman–Crippen LogP) is 2.72. The molecule has 0 atom stereocenters. The Balaban J connectivity index is 1.37. The first kappa shape index (κ1) is 20.8. The van der Waals surface area contributed by atoms with E-state index in [-0.39, 0.29) is 13.2 Å². The Hall–Kier alpha value is -2.45. The van der Waals surface area contributed by atoms with Gasteiger partial charge in [-0.05, 0) is 40.6 Å². The zero-order chi connectivity index (χ0) is 21.0. The Morgan fingerprint density at radius 2 is 1.57 bits per heavy atom. The molecule has 158 valence electrons. The molecule has 1 saturated heterocycles. The quantitative estimate of drug-likeness (QED) is 0.629. The molecule has 0 amide bonds. The molecule has 3 aromatic rings. The Labute approximate surface area is 177 Å². The van der Waals surface area contributed by atoms with Crippen LogP contribution in [0.4, 0.5) is 0 Å². The van der Waals surface area contributed by atoms with Gasteiger partial charge in [-0.2, -0.15) is 4.31 Å². The van der Waals surface area contributed by atoms with E-state index in [1.54, 1.807) is 16.4 Å². The van der Waals surface area contributed by atoms with Crippen molar-refractivity contribution >= 4 is 20.8 Å². The van der Waals surface area contributed by atoms with Gasteiger partial charge in [0.1, 0.15) is 12.4 Å². The fourth-order valence-corrected chi connectivity index (χ4v) is 5.18. The predicted molar refractivity (Wildman–Crippen MR) is 117 cm³/mol. The molecule has 0 aromatic heterocycles. The minimum absolute atomic E-state index is 0.00581. The fraction of sp³-hybridized carbons (Fsp3) is 0.304. The second-order valence-electron chi connectivity index (χ2n) is 7.41. The molecule has 0 saturated carbocycles. The molecular formula is C23H26N2O4S. The van der Waals surface area contributed by atoms with Crippen molar-refractivity contribution in [2.24, 2.45) is 0 Å². The highest BCUT2D eigenvalue weighted by Crippen LogP contribution is 2.23. The summed E-state index contributed by atoms with van der Waals surface area (Å²) in [5.74, 6) is 0.735. The van der Waals surface area contributed by atoms with E-state index in [4.69, 9.17) is 9.84 Å². The third-order valence-corrected chi connectivity index (χ3v) is 7.27. The van der Waals surface area contributed by atoms with Crippen LogP contribution in [0.15, 0.2) is 71.6 Å². The van der Waals surface area contributed by atoms with E-state index in [0.717, 1.165) is 28.6 Å². The van der Waals surface area contributed by atoms with Crippen molar-refractivity contribution in [1.82, 2.24) is 9.21 Å². The molecule has 0 spiro atoms. The minimum Gasteiger partial charge on any atom is -0.491 e. The Bertz CT molecular complexity index is 1090. The van der Waals surface area contributed by atoms with Crippen LogP contribution in [0.5, 0.6) is 5.75 Å². The summed E-state index contributed by atoms with van der Waals surface area (Å²) in [7, 11) is -3.49. The number of piperazine rings is 1. The molecule has 4 rings (SSSR count). The molecule has 1 N–H and O–H groups in total. The van der Waals surface area contributed by atoms with Gasteiger partial charge < -0.3 is 9.84 Å². The maximum atomic E-state index is 13.1. The number of rotatable bonds is 7. The van der Waals surface area contributed by atoms with Crippen molar-refractivity contribution in [2.45, 2.75) is 11.4 Å². The number of fused-ring (bicyclic) bond motifs is 1. The first-order valence-corrected chi connectivity index (χ1v) is 11.5. The number of hydrogen-bond acceptors (Lipinski definition) is 5. The van der Waals surface area contributed by atoms with Crippen LogP contribution < -0.4 is 4.74 Å². The lowest BCUT2D eigenvalue weighted by Gasteiger charge is -2.34. The Kier molecular flexibility index (Phi) is 6.34. The van der Waals surface area contributed by atoms with Crippen LogP contribution in [0.2, 0.25) is 0 Å². The molecule has 1 aliphatic heterocycles. The highest BCUT2D eigenvalue weighted by atomic mass is 32.2. The van der Waals surface area contributed by atoms with Gasteiger partial charge in [0.05, 0.1) is 11.5 Å². The smallest absolute Gasteiger partial charge is 0.243 e. The lowest BCUT2D eigenvalue weighted by atomic mass is 10.1. The van der Waals surface area contributed by atoms with E-state index in [0.29, 0.717) is 31.1 Å². The summed E-state index contributed by atoms with van der Waals surface area (Å²) in [6, 6.07) is 20.9. The molecule has 1 fully saturated rings. The van der Waals surface area contributed by atoms with Crippen molar-refractivity contribution in [3.05, 3.63) is 72.3 Å². The van der Waals surface area contributed by atoms with E-state index in [1.165, 1.54) is 0 Å². The van der Waals surface area contributed by atoms with Crippen LogP contribution in [0.1, 0.15) is 5.56 Å². The van der Waals surface area contributed by atoms with Crippen molar-refractivity contribution in [3.8, 4) is 5.75 Å². The molecule has 6 nitrogen and oxygen atoms in total. The average molecular weight is 427 g/mol. The minimum atomic E-state index is -3.49. The summed E-state index contributed by atoms with van der Waals surface area (Å²) in [4.78, 5) is 2.61. The summed E-state index contributed by atoms with van der Waals surface area (Å²) in [5, 5.41) is 10.8. The molecule has 0 unspecified atom stereocenters. The third-order valence-electron chi connectivity index (χ3n) is 5.38. The third kappa shape index (κ3) is 4.65. The van der Waals surface area contributed by atoms with Gasteiger partial charge in [0.25, 0.3) is 0 Å². The van der Waals surface area contributed by atoms with Gasteiger partial charge in [0.15, 0.2) is 0 Å². The monoisotopic (exact) mass is 426 g/mol. The summed E-state index contributed by atoms with van der Waals surface area (Å²) < 4.78 is 33.2. The van der Waals surface area contributed by atoms with Crippen LogP contribution >= 0.6 is 0 Å². The molecule has 3 aromatic carbocycles. The van der Waals surface area contributed by atoms with Gasteiger partial charge in [0.2, 0.25) is 10.0 Å². The van der Waals surface area contributed by atoms with Crippen LogP contribution in [0.3, 0.4) is 0 Å². The maximum Gasteiger partial charge on any atom is 0.243 e. The van der Waals surface area contributed by atoms with E-state index >= 15 is 0 Å². The van der Waals surface area contributed by atoms with Crippen LogP contribution in [0, 0.1) is 0 Å². The lowest BCUT2D eigenvalue weighted by molar-refractivity contribution is 0.181. The first-order chi connectivity index (χ1) is 14.6. The van der Waals surface area contributed by atoms with E-state index in [1.807, 2.05) is 54.6 Å². The van der Waals surface area contributed by atoms with Crippen LogP contribution in [-0.2, 0) is 16.6 Å². The second-order valence-corrected chi connectivity index (χ2v) is 9.34. The van der Waals surface area contributed by atoms with Gasteiger partial charge in [-0.15, -0.1) is 0 Å². The number of sulfonamides is 1. The van der Waals surface area contributed by atoms with Crippen molar-refractivity contribution < 1.29 is 18.3 Å². The zero-order valence-electron chi connectivity index (χ0n) is 16.8. The van der Waals surface area contributed by atoms with E-state index in [9.17, 15) is 8.42 Å². The topological polar surface area (TPSA) is 70.1 Å². The van der Waals surface area contributed by atoms with Crippen LogP contribution in [-0.4, -0.2) is 62.1 Å².